The van der Waals surface area contributed by atoms with Gasteiger partial charge < -0.3 is 20.4 Å². The number of nitrogens with two attached hydrogens (primary N) is 1. The molecule has 1 rings (SSSR count). The maximum atomic E-state index is 11.7. The topological polar surface area (TPSA) is 99.2 Å². The molecule has 0 aliphatic carbocycles. The number of hydrogen-bond donors (Lipinski definition) is 2. The highest BCUT2D eigenvalue weighted by molar-refractivity contribution is 5.94. The van der Waals surface area contributed by atoms with E-state index in [1.54, 1.807) is 17.7 Å². The Bertz CT molecular complexity index is 402. The summed E-state index contributed by atoms with van der Waals surface area (Å²) in [7, 11) is 1.26. The van der Waals surface area contributed by atoms with E-state index in [-0.39, 0.29) is 5.69 Å². The number of hydrogen-bond acceptors (Lipinski definition) is 5. The van der Waals surface area contributed by atoms with E-state index in [2.05, 4.69) is 15.0 Å². The molecular weight excluding hydrogens is 224 g/mol. The van der Waals surface area contributed by atoms with Gasteiger partial charge in [-0.3, -0.25) is 4.79 Å². The fraction of sp³-hybridized carbons (Fsp3) is 0.500. The summed E-state index contributed by atoms with van der Waals surface area (Å²) in [6.07, 6.45) is 3.09. The number of amides is 1. The van der Waals surface area contributed by atoms with Crippen molar-refractivity contribution in [2.75, 3.05) is 13.7 Å². The Morgan fingerprint density at radius 3 is 2.94 bits per heavy atom. The molecule has 1 amide bonds. The molecule has 3 N–H and O–H groups in total. The van der Waals surface area contributed by atoms with E-state index < -0.39 is 17.9 Å². The minimum absolute atomic E-state index is 0.245. The third-order valence-corrected chi connectivity index (χ3v) is 2.16. The van der Waals surface area contributed by atoms with Gasteiger partial charge in [0.25, 0.3) is 5.91 Å². The first-order valence-electron chi connectivity index (χ1n) is 5.19. The van der Waals surface area contributed by atoms with Crippen LogP contribution in [0.25, 0.3) is 0 Å². The first kappa shape index (κ1) is 13.2. The number of rotatable bonds is 5. The van der Waals surface area contributed by atoms with E-state index in [4.69, 9.17) is 5.73 Å². The second kappa shape index (κ2) is 6.00. The molecule has 0 aliphatic heterocycles. The zero-order chi connectivity index (χ0) is 12.8. The Morgan fingerprint density at radius 1 is 1.65 bits per heavy atom. The lowest BCUT2D eigenvalue weighted by atomic mass is 10.3. The number of nitrogens with one attached hydrogen (secondary N) is 1. The summed E-state index contributed by atoms with van der Waals surface area (Å²) in [5.74, 6) is -0.918. The van der Waals surface area contributed by atoms with Crippen LogP contribution in [0.2, 0.25) is 0 Å². The minimum atomic E-state index is -0.702. The van der Waals surface area contributed by atoms with Crippen molar-refractivity contribution in [1.82, 2.24) is 14.9 Å². The van der Waals surface area contributed by atoms with Gasteiger partial charge in [0.2, 0.25) is 0 Å². The van der Waals surface area contributed by atoms with E-state index >= 15 is 0 Å². The van der Waals surface area contributed by atoms with E-state index in [1.165, 1.54) is 13.4 Å². The van der Waals surface area contributed by atoms with Gasteiger partial charge >= 0.3 is 5.97 Å². The van der Waals surface area contributed by atoms with Gasteiger partial charge in [0.05, 0.1) is 13.4 Å². The number of aromatic nitrogens is 2. The van der Waals surface area contributed by atoms with Crippen molar-refractivity contribution in [2.24, 2.45) is 5.73 Å². The van der Waals surface area contributed by atoms with Crippen molar-refractivity contribution in [3.05, 3.63) is 18.2 Å². The van der Waals surface area contributed by atoms with Crippen LogP contribution in [0.1, 0.15) is 17.4 Å². The van der Waals surface area contributed by atoms with Gasteiger partial charge in [-0.05, 0) is 6.92 Å². The number of nitrogens with zero attached hydrogens (tertiary/aromatic N) is 2. The van der Waals surface area contributed by atoms with Crippen molar-refractivity contribution >= 4 is 11.9 Å². The highest BCUT2D eigenvalue weighted by Gasteiger charge is 2.18. The second-order valence-electron chi connectivity index (χ2n) is 3.50. The molecule has 0 aliphatic rings. The van der Waals surface area contributed by atoms with Crippen LogP contribution >= 0.6 is 0 Å². The molecule has 1 unspecified atom stereocenters. The van der Waals surface area contributed by atoms with Crippen molar-refractivity contribution in [3.8, 4) is 0 Å². The van der Waals surface area contributed by atoms with E-state index in [0.29, 0.717) is 13.1 Å². The normalized spacial score (nSPS) is 11.9. The summed E-state index contributed by atoms with van der Waals surface area (Å²) in [5.41, 5.74) is 5.62. The van der Waals surface area contributed by atoms with Crippen LogP contribution in [0.15, 0.2) is 12.5 Å². The molecule has 0 bridgehead atoms. The summed E-state index contributed by atoms with van der Waals surface area (Å²) in [6.45, 7) is 2.60. The van der Waals surface area contributed by atoms with Gasteiger partial charge in [-0.25, -0.2) is 9.78 Å². The predicted molar refractivity (Wildman–Crippen MR) is 60.2 cm³/mol. The Balaban J connectivity index is 2.60. The number of ether oxygens (including phenoxy) is 1. The molecule has 1 aromatic rings. The number of carbonyl (C=O) groups excluding carboxylic acids is 2. The maximum absolute atomic E-state index is 11.7. The highest BCUT2D eigenvalue weighted by atomic mass is 16.5. The Hall–Kier alpha value is -1.89. The molecule has 0 radical (unpaired) electrons. The van der Waals surface area contributed by atoms with Gasteiger partial charge in [0.15, 0.2) is 0 Å². The molecule has 17 heavy (non-hydrogen) atoms. The van der Waals surface area contributed by atoms with Crippen LogP contribution in [-0.4, -0.2) is 41.1 Å². The van der Waals surface area contributed by atoms with Crippen LogP contribution in [0.4, 0.5) is 0 Å². The number of carbonyl (C=O) groups is 2. The number of esters is 1. The van der Waals surface area contributed by atoms with Gasteiger partial charge in [0.1, 0.15) is 11.7 Å². The quantitative estimate of drug-likeness (QED) is 0.652. The molecule has 7 nitrogen and oxygen atoms in total. The SMILES string of the molecule is COC(=O)C(C)NC(=O)c1cn(CCN)cn1. The first-order chi connectivity index (χ1) is 8.08. The lowest BCUT2D eigenvalue weighted by Crippen LogP contribution is -2.39. The third kappa shape index (κ3) is 3.56. The average Bonchev–Trinajstić information content (AvgIpc) is 2.77. The van der Waals surface area contributed by atoms with Crippen LogP contribution in [0.3, 0.4) is 0 Å². The molecule has 0 spiro atoms. The standard InChI is InChI=1S/C10H16N4O3/c1-7(10(16)17-2)13-9(15)8-5-14(4-3-11)6-12-8/h5-7H,3-4,11H2,1-2H3,(H,13,15). The van der Waals surface area contributed by atoms with E-state index in [9.17, 15) is 9.59 Å². The fourth-order valence-electron chi connectivity index (χ4n) is 1.25. The summed E-state index contributed by atoms with van der Waals surface area (Å²) in [5, 5.41) is 2.48. The van der Waals surface area contributed by atoms with Gasteiger partial charge in [-0.2, -0.15) is 0 Å². The Morgan fingerprint density at radius 2 is 2.35 bits per heavy atom. The summed E-state index contributed by atoms with van der Waals surface area (Å²) in [6, 6.07) is -0.702. The van der Waals surface area contributed by atoms with Crippen LogP contribution in [-0.2, 0) is 16.1 Å². The molecule has 1 heterocycles. The summed E-state index contributed by atoms with van der Waals surface area (Å²) >= 11 is 0. The second-order valence-corrected chi connectivity index (χ2v) is 3.50. The summed E-state index contributed by atoms with van der Waals surface area (Å²) < 4.78 is 6.20. The van der Waals surface area contributed by atoms with Crippen molar-refractivity contribution in [1.29, 1.82) is 0 Å². The molecule has 7 heteroatoms. The monoisotopic (exact) mass is 240 g/mol. The van der Waals surface area contributed by atoms with Gasteiger partial charge in [-0.15, -0.1) is 0 Å². The predicted octanol–water partition coefficient (Wildman–Crippen LogP) is -0.867. The first-order valence-corrected chi connectivity index (χ1v) is 5.19. The largest absolute Gasteiger partial charge is 0.467 e. The van der Waals surface area contributed by atoms with Crippen molar-refractivity contribution < 1.29 is 14.3 Å². The molecular formula is C10H16N4O3. The Labute approximate surface area is 99.0 Å². The zero-order valence-electron chi connectivity index (χ0n) is 9.84. The molecule has 0 saturated heterocycles. The van der Waals surface area contributed by atoms with E-state index in [1.807, 2.05) is 0 Å². The highest BCUT2D eigenvalue weighted by Crippen LogP contribution is 1.97. The molecule has 1 aromatic heterocycles. The van der Waals surface area contributed by atoms with Gasteiger partial charge in [-0.1, -0.05) is 0 Å². The zero-order valence-corrected chi connectivity index (χ0v) is 9.84. The average molecular weight is 240 g/mol. The van der Waals surface area contributed by atoms with Crippen LogP contribution in [0, 0.1) is 0 Å². The van der Waals surface area contributed by atoms with Crippen LogP contribution in [0.5, 0.6) is 0 Å². The molecule has 0 aromatic carbocycles. The third-order valence-electron chi connectivity index (χ3n) is 2.16. The van der Waals surface area contributed by atoms with Crippen LogP contribution < -0.4 is 11.1 Å². The molecule has 0 saturated carbocycles. The van der Waals surface area contributed by atoms with E-state index in [0.717, 1.165) is 0 Å². The minimum Gasteiger partial charge on any atom is -0.467 e. The van der Waals surface area contributed by atoms with Crippen molar-refractivity contribution in [2.45, 2.75) is 19.5 Å². The number of imidazole rings is 1. The van der Waals surface area contributed by atoms with Gasteiger partial charge in [0, 0.05) is 19.3 Å². The lowest BCUT2D eigenvalue weighted by Gasteiger charge is -2.09. The number of methoxy groups -OCH3 is 1. The maximum Gasteiger partial charge on any atom is 0.328 e. The Kier molecular flexibility index (Phi) is 4.65. The molecule has 1 atom stereocenters. The fourth-order valence-corrected chi connectivity index (χ4v) is 1.25. The lowest BCUT2D eigenvalue weighted by molar-refractivity contribution is -0.142. The molecule has 94 valence electrons. The smallest absolute Gasteiger partial charge is 0.328 e. The molecule has 0 fully saturated rings. The van der Waals surface area contributed by atoms with Crippen molar-refractivity contribution in [3.63, 3.8) is 0 Å². The summed E-state index contributed by atoms with van der Waals surface area (Å²) in [4.78, 5) is 26.7.